The Bertz CT molecular complexity index is 855. The highest BCUT2D eigenvalue weighted by atomic mass is 16.5. The lowest BCUT2D eigenvalue weighted by atomic mass is 9.75. The first kappa shape index (κ1) is 19.0. The van der Waals surface area contributed by atoms with Gasteiger partial charge in [-0.3, -0.25) is 0 Å². The van der Waals surface area contributed by atoms with Crippen LogP contribution in [0.1, 0.15) is 68.6 Å². The lowest BCUT2D eigenvalue weighted by molar-refractivity contribution is 0.0846. The van der Waals surface area contributed by atoms with Crippen LogP contribution in [-0.2, 0) is 11.3 Å². The second-order valence-corrected chi connectivity index (χ2v) is 8.23. The smallest absolute Gasteiger partial charge is 0.213 e. The predicted octanol–water partition coefficient (Wildman–Crippen LogP) is 6.88. The molecule has 1 saturated carbocycles. The molecule has 1 heterocycles. The van der Waals surface area contributed by atoms with E-state index in [4.69, 9.17) is 9.73 Å². The van der Waals surface area contributed by atoms with Crippen LogP contribution >= 0.6 is 0 Å². The monoisotopic (exact) mass is 373 g/mol. The number of aliphatic imine (C=N–C) groups is 1. The first-order valence-corrected chi connectivity index (χ1v) is 10.8. The molecule has 1 aliphatic carbocycles. The fraction of sp³-hybridized carbons (Fsp3) is 0.423. The second kappa shape index (κ2) is 8.34. The first-order chi connectivity index (χ1) is 13.7. The van der Waals surface area contributed by atoms with Crippen LogP contribution in [0.4, 0.5) is 0 Å². The van der Waals surface area contributed by atoms with Crippen LogP contribution in [0.5, 0.6) is 0 Å². The van der Waals surface area contributed by atoms with Crippen LogP contribution < -0.4 is 0 Å². The van der Waals surface area contributed by atoms with Crippen LogP contribution in [0.15, 0.2) is 65.2 Å². The molecule has 0 amide bonds. The number of benzene rings is 2. The van der Waals surface area contributed by atoms with Gasteiger partial charge in [-0.15, -0.1) is 0 Å². The molecule has 1 fully saturated rings. The molecule has 2 aromatic rings. The summed E-state index contributed by atoms with van der Waals surface area (Å²) >= 11 is 0. The molecule has 0 bridgehead atoms. The van der Waals surface area contributed by atoms with Gasteiger partial charge in [-0.05, 0) is 50.2 Å². The Balaban J connectivity index is 1.78. The van der Waals surface area contributed by atoms with Crippen molar-refractivity contribution in [2.75, 3.05) is 0 Å². The van der Waals surface area contributed by atoms with Crippen molar-refractivity contribution in [3.63, 3.8) is 0 Å². The SMILES string of the molecule is CCCC1=C(c2ccc(C)cc2)C2(CCCCC2)OC1=NCc1ccccc1. The molecule has 0 unspecified atom stereocenters. The van der Waals surface area contributed by atoms with Crippen molar-refractivity contribution >= 4 is 11.5 Å². The molecular formula is C26H31NO. The fourth-order valence-corrected chi connectivity index (χ4v) is 4.67. The van der Waals surface area contributed by atoms with Crippen molar-refractivity contribution in [2.24, 2.45) is 4.99 Å². The zero-order chi connectivity index (χ0) is 19.4. The van der Waals surface area contributed by atoms with Crippen molar-refractivity contribution in [1.82, 2.24) is 0 Å². The quantitative estimate of drug-likeness (QED) is 0.560. The van der Waals surface area contributed by atoms with Crippen LogP contribution in [0.3, 0.4) is 0 Å². The van der Waals surface area contributed by atoms with E-state index in [1.54, 1.807) is 0 Å². The Hall–Kier alpha value is -2.35. The number of nitrogens with zero attached hydrogens (tertiary/aromatic N) is 1. The van der Waals surface area contributed by atoms with Crippen molar-refractivity contribution < 1.29 is 4.74 Å². The summed E-state index contributed by atoms with van der Waals surface area (Å²) in [5, 5.41) is 0. The van der Waals surface area contributed by atoms with E-state index in [1.807, 2.05) is 0 Å². The number of ether oxygens (including phenoxy) is 1. The van der Waals surface area contributed by atoms with E-state index in [9.17, 15) is 0 Å². The average molecular weight is 374 g/mol. The van der Waals surface area contributed by atoms with Gasteiger partial charge in [-0.1, -0.05) is 79.9 Å². The van der Waals surface area contributed by atoms with Gasteiger partial charge in [-0.25, -0.2) is 4.99 Å². The zero-order valence-corrected chi connectivity index (χ0v) is 17.2. The summed E-state index contributed by atoms with van der Waals surface area (Å²) in [7, 11) is 0. The highest BCUT2D eigenvalue weighted by Crippen LogP contribution is 2.49. The maximum atomic E-state index is 6.75. The highest BCUT2D eigenvalue weighted by Gasteiger charge is 2.46. The predicted molar refractivity (Wildman–Crippen MR) is 117 cm³/mol. The van der Waals surface area contributed by atoms with Gasteiger partial charge in [0.05, 0.1) is 6.54 Å². The molecule has 1 aliphatic heterocycles. The lowest BCUT2D eigenvalue weighted by Gasteiger charge is -2.35. The van der Waals surface area contributed by atoms with E-state index in [1.165, 1.54) is 47.1 Å². The topological polar surface area (TPSA) is 21.6 Å². The first-order valence-electron chi connectivity index (χ1n) is 10.8. The van der Waals surface area contributed by atoms with E-state index in [0.29, 0.717) is 6.54 Å². The standard InChI is InChI=1S/C26H31NO/c1-3-10-23-24(22-15-13-20(2)14-16-22)26(17-8-5-9-18-26)28-25(23)27-19-21-11-6-4-7-12-21/h4,6-7,11-16H,3,5,8-10,17-19H2,1-2H3. The summed E-state index contributed by atoms with van der Waals surface area (Å²) in [6.07, 6.45) is 8.13. The normalized spacial score (nSPS) is 20.0. The summed E-state index contributed by atoms with van der Waals surface area (Å²) in [6.45, 7) is 5.08. The Kier molecular flexibility index (Phi) is 5.66. The lowest BCUT2D eigenvalue weighted by Crippen LogP contribution is -2.34. The maximum absolute atomic E-state index is 6.75. The molecule has 1 spiro atoms. The van der Waals surface area contributed by atoms with E-state index in [2.05, 4.69) is 68.4 Å². The van der Waals surface area contributed by atoms with Crippen molar-refractivity contribution in [1.29, 1.82) is 0 Å². The van der Waals surface area contributed by atoms with Gasteiger partial charge in [0.1, 0.15) is 5.60 Å². The number of aryl methyl sites for hydroxylation is 1. The maximum Gasteiger partial charge on any atom is 0.213 e. The van der Waals surface area contributed by atoms with Gasteiger partial charge in [0.25, 0.3) is 0 Å². The molecule has 0 radical (unpaired) electrons. The molecule has 0 N–H and O–H groups in total. The third-order valence-corrected chi connectivity index (χ3v) is 6.06. The average Bonchev–Trinajstić information content (AvgIpc) is 3.01. The zero-order valence-electron chi connectivity index (χ0n) is 17.2. The molecule has 2 aromatic carbocycles. The molecule has 146 valence electrons. The molecular weight excluding hydrogens is 342 g/mol. The van der Waals surface area contributed by atoms with E-state index < -0.39 is 0 Å². The van der Waals surface area contributed by atoms with E-state index in [0.717, 1.165) is 31.6 Å². The summed E-state index contributed by atoms with van der Waals surface area (Å²) in [5.41, 5.74) is 6.44. The third kappa shape index (κ3) is 3.78. The van der Waals surface area contributed by atoms with Crippen molar-refractivity contribution in [2.45, 2.75) is 70.9 Å². The molecule has 0 saturated heterocycles. The van der Waals surface area contributed by atoms with E-state index >= 15 is 0 Å². The molecule has 2 aliphatic rings. The molecule has 0 aromatic heterocycles. The molecule has 28 heavy (non-hydrogen) atoms. The number of rotatable bonds is 5. The summed E-state index contributed by atoms with van der Waals surface area (Å²) in [4.78, 5) is 4.97. The van der Waals surface area contributed by atoms with Crippen molar-refractivity contribution in [3.05, 3.63) is 76.9 Å². The Morgan fingerprint density at radius 3 is 2.32 bits per heavy atom. The van der Waals surface area contributed by atoms with Gasteiger partial charge in [0, 0.05) is 11.1 Å². The minimum absolute atomic E-state index is 0.173. The van der Waals surface area contributed by atoms with Crippen LogP contribution in [-0.4, -0.2) is 11.5 Å². The summed E-state index contributed by atoms with van der Waals surface area (Å²) < 4.78 is 6.75. The van der Waals surface area contributed by atoms with Crippen LogP contribution in [0.2, 0.25) is 0 Å². The third-order valence-electron chi connectivity index (χ3n) is 6.06. The van der Waals surface area contributed by atoms with Gasteiger partial charge < -0.3 is 4.74 Å². The van der Waals surface area contributed by atoms with Gasteiger partial charge in [0.15, 0.2) is 0 Å². The molecule has 2 heteroatoms. The fourth-order valence-electron chi connectivity index (χ4n) is 4.67. The summed E-state index contributed by atoms with van der Waals surface area (Å²) in [5.74, 6) is 0.892. The van der Waals surface area contributed by atoms with Crippen LogP contribution in [0.25, 0.3) is 5.57 Å². The minimum atomic E-state index is -0.173. The largest absolute Gasteiger partial charge is 0.466 e. The van der Waals surface area contributed by atoms with Crippen molar-refractivity contribution in [3.8, 4) is 0 Å². The Morgan fingerprint density at radius 1 is 0.929 bits per heavy atom. The Morgan fingerprint density at radius 2 is 1.64 bits per heavy atom. The minimum Gasteiger partial charge on any atom is -0.466 e. The van der Waals surface area contributed by atoms with E-state index in [-0.39, 0.29) is 5.60 Å². The number of hydrogen-bond donors (Lipinski definition) is 0. The molecule has 0 atom stereocenters. The van der Waals surface area contributed by atoms with Gasteiger partial charge in [-0.2, -0.15) is 0 Å². The van der Waals surface area contributed by atoms with Gasteiger partial charge in [0.2, 0.25) is 5.90 Å². The highest BCUT2D eigenvalue weighted by molar-refractivity contribution is 6.07. The Labute approximate surface area is 169 Å². The second-order valence-electron chi connectivity index (χ2n) is 8.23. The molecule has 4 rings (SSSR count). The number of hydrogen-bond acceptors (Lipinski definition) is 2. The van der Waals surface area contributed by atoms with Crippen LogP contribution in [0, 0.1) is 6.92 Å². The summed E-state index contributed by atoms with van der Waals surface area (Å²) in [6, 6.07) is 19.5. The van der Waals surface area contributed by atoms with Gasteiger partial charge >= 0.3 is 0 Å². The molecule has 2 nitrogen and oxygen atoms in total.